The Morgan fingerprint density at radius 3 is 2.52 bits per heavy atom. The SMILES string of the molecule is CCOC(=O)C1=C(C)N=c2s/c(=C\c3cc(Cl)c(OCc4ccc([N+](=O)[O-])cc4)c(Br)c3)c(=O)n2[C@H]1c1ccc(OC(C)C)c(OC)c1. The normalized spacial score (nSPS) is 14.4. The topological polar surface area (TPSA) is 131 Å². The number of nitro groups is 1. The van der Waals surface area contributed by atoms with Crippen molar-refractivity contribution in [1.29, 1.82) is 0 Å². The quantitative estimate of drug-likeness (QED) is 0.0964. The van der Waals surface area contributed by atoms with Gasteiger partial charge in [-0.1, -0.05) is 29.0 Å². The maximum absolute atomic E-state index is 14.1. The highest BCUT2D eigenvalue weighted by molar-refractivity contribution is 9.10. The standard InChI is InChI=1S/C34H31BrClN3O8S/c1-6-45-33(41)29-19(4)37-34-38(30(29)22-9-12-26(47-18(2)3)27(16-22)44-5)32(40)28(48-34)15-21-13-24(35)31(25(36)14-21)46-17-20-7-10-23(11-8-20)39(42)43/h7-16,18,30H,6,17H2,1-5H3/b28-15-/t30-/m0/s1. The predicted octanol–water partition coefficient (Wildman–Crippen LogP) is 6.50. The van der Waals surface area contributed by atoms with Gasteiger partial charge in [0.25, 0.3) is 11.2 Å². The zero-order valence-electron chi connectivity index (χ0n) is 26.6. The number of thiazole rings is 1. The van der Waals surface area contributed by atoms with Gasteiger partial charge in [0.1, 0.15) is 6.61 Å². The summed E-state index contributed by atoms with van der Waals surface area (Å²) in [6.07, 6.45) is 1.60. The first-order chi connectivity index (χ1) is 22.9. The summed E-state index contributed by atoms with van der Waals surface area (Å²) in [4.78, 5) is 42.9. The monoisotopic (exact) mass is 755 g/mol. The Kier molecular flexibility index (Phi) is 10.7. The molecule has 1 aliphatic heterocycles. The van der Waals surface area contributed by atoms with Gasteiger partial charge in [-0.3, -0.25) is 19.5 Å². The lowest BCUT2D eigenvalue weighted by atomic mass is 9.95. The largest absolute Gasteiger partial charge is 0.493 e. The molecule has 1 atom stereocenters. The summed E-state index contributed by atoms with van der Waals surface area (Å²) in [5.41, 5.74) is 2.28. The molecule has 0 aliphatic carbocycles. The van der Waals surface area contributed by atoms with Gasteiger partial charge in [0.2, 0.25) is 0 Å². The third kappa shape index (κ3) is 7.33. The van der Waals surface area contributed by atoms with Crippen LogP contribution in [-0.4, -0.2) is 35.3 Å². The molecule has 1 aromatic heterocycles. The molecule has 0 radical (unpaired) electrons. The van der Waals surface area contributed by atoms with Crippen molar-refractivity contribution in [2.75, 3.05) is 13.7 Å². The molecule has 0 spiro atoms. The molecule has 5 rings (SSSR count). The van der Waals surface area contributed by atoms with Crippen molar-refractivity contribution in [3.8, 4) is 17.2 Å². The van der Waals surface area contributed by atoms with Gasteiger partial charge in [-0.15, -0.1) is 0 Å². The van der Waals surface area contributed by atoms with E-state index in [0.29, 0.717) is 52.9 Å². The van der Waals surface area contributed by atoms with E-state index >= 15 is 0 Å². The van der Waals surface area contributed by atoms with Crippen molar-refractivity contribution in [3.63, 3.8) is 0 Å². The molecule has 3 aromatic carbocycles. The number of halogens is 2. The predicted molar refractivity (Wildman–Crippen MR) is 186 cm³/mol. The van der Waals surface area contributed by atoms with Crippen LogP contribution in [0.15, 0.2) is 80.1 Å². The van der Waals surface area contributed by atoms with Gasteiger partial charge in [0.15, 0.2) is 22.0 Å². The summed E-state index contributed by atoms with van der Waals surface area (Å²) >= 11 is 11.3. The number of rotatable bonds is 11. The minimum atomic E-state index is -0.838. The molecule has 0 saturated heterocycles. The molecule has 0 unspecified atom stereocenters. The van der Waals surface area contributed by atoms with Crippen LogP contribution >= 0.6 is 38.9 Å². The third-order valence-corrected chi connectivity index (χ3v) is 9.08. The Morgan fingerprint density at radius 2 is 1.90 bits per heavy atom. The average molecular weight is 757 g/mol. The number of hydrogen-bond acceptors (Lipinski definition) is 10. The van der Waals surface area contributed by atoms with E-state index in [2.05, 4.69) is 20.9 Å². The Morgan fingerprint density at radius 1 is 1.17 bits per heavy atom. The number of ether oxygens (including phenoxy) is 4. The van der Waals surface area contributed by atoms with E-state index in [0.717, 1.165) is 5.56 Å². The summed E-state index contributed by atoms with van der Waals surface area (Å²) < 4.78 is 25.2. The zero-order valence-corrected chi connectivity index (χ0v) is 29.8. The molecule has 0 saturated carbocycles. The second-order valence-corrected chi connectivity index (χ2v) is 13.2. The number of carbonyl (C=O) groups excluding carboxylic acids is 1. The first-order valence-electron chi connectivity index (χ1n) is 14.8. The Labute approximate surface area is 293 Å². The van der Waals surface area contributed by atoms with E-state index in [1.165, 1.54) is 35.1 Å². The fraction of sp³-hybridized carbons (Fsp3) is 0.265. The number of esters is 1. The molecule has 48 heavy (non-hydrogen) atoms. The van der Waals surface area contributed by atoms with Crippen molar-refractivity contribution >= 4 is 56.6 Å². The number of nitro benzene ring substituents is 1. The summed E-state index contributed by atoms with van der Waals surface area (Å²) in [6.45, 7) is 7.53. The van der Waals surface area contributed by atoms with Crippen LogP contribution in [0.5, 0.6) is 17.2 Å². The van der Waals surface area contributed by atoms with Crippen LogP contribution in [0.4, 0.5) is 5.69 Å². The molecule has 0 fully saturated rings. The highest BCUT2D eigenvalue weighted by atomic mass is 79.9. The lowest BCUT2D eigenvalue weighted by molar-refractivity contribution is -0.384. The van der Waals surface area contributed by atoms with Crippen LogP contribution in [0, 0.1) is 10.1 Å². The van der Waals surface area contributed by atoms with Gasteiger partial charge in [-0.2, -0.15) is 0 Å². The Hall–Kier alpha value is -4.46. The number of aromatic nitrogens is 1. The van der Waals surface area contributed by atoms with E-state index in [9.17, 15) is 19.7 Å². The fourth-order valence-electron chi connectivity index (χ4n) is 5.13. The van der Waals surface area contributed by atoms with Gasteiger partial charge in [0, 0.05) is 12.1 Å². The van der Waals surface area contributed by atoms with Crippen molar-refractivity contribution in [3.05, 3.63) is 122 Å². The first kappa shape index (κ1) is 34.9. The molecule has 0 amide bonds. The summed E-state index contributed by atoms with van der Waals surface area (Å²) in [7, 11) is 1.53. The summed E-state index contributed by atoms with van der Waals surface area (Å²) in [6, 6.07) is 13.9. The molecule has 2 heterocycles. The van der Waals surface area contributed by atoms with Crippen LogP contribution in [0.2, 0.25) is 5.02 Å². The van der Waals surface area contributed by atoms with Gasteiger partial charge in [-0.25, -0.2) is 9.79 Å². The highest BCUT2D eigenvalue weighted by Crippen LogP contribution is 2.37. The van der Waals surface area contributed by atoms with Crippen LogP contribution in [0.3, 0.4) is 0 Å². The molecule has 0 bridgehead atoms. The highest BCUT2D eigenvalue weighted by Gasteiger charge is 2.34. The van der Waals surface area contributed by atoms with E-state index in [1.54, 1.807) is 62.4 Å². The number of hydrogen-bond donors (Lipinski definition) is 0. The Balaban J connectivity index is 1.54. The second kappa shape index (κ2) is 14.8. The fourth-order valence-corrected chi connectivity index (χ4v) is 7.17. The molecular formula is C34H31BrClN3O8S. The first-order valence-corrected chi connectivity index (χ1v) is 16.8. The van der Waals surface area contributed by atoms with Gasteiger partial charge >= 0.3 is 5.97 Å². The van der Waals surface area contributed by atoms with E-state index in [-0.39, 0.29) is 36.1 Å². The lowest BCUT2D eigenvalue weighted by Gasteiger charge is -2.25. The number of carbonyl (C=O) groups is 1. The van der Waals surface area contributed by atoms with Gasteiger partial charge in [0.05, 0.1) is 56.1 Å². The van der Waals surface area contributed by atoms with Gasteiger partial charge < -0.3 is 18.9 Å². The Bertz CT molecular complexity index is 2080. The van der Waals surface area contributed by atoms with Gasteiger partial charge in [-0.05, 0) is 103 Å². The minimum absolute atomic E-state index is 0.0138. The molecule has 4 aromatic rings. The number of non-ortho nitro benzene ring substituents is 1. The smallest absolute Gasteiger partial charge is 0.338 e. The van der Waals surface area contributed by atoms with Crippen molar-refractivity contribution < 1.29 is 28.7 Å². The maximum atomic E-state index is 14.1. The number of methoxy groups -OCH3 is 1. The molecule has 250 valence electrons. The average Bonchev–Trinajstić information content (AvgIpc) is 3.33. The van der Waals surface area contributed by atoms with E-state index < -0.39 is 16.9 Å². The molecule has 0 N–H and O–H groups in total. The number of benzene rings is 3. The molecule has 14 heteroatoms. The van der Waals surface area contributed by atoms with Crippen LogP contribution in [0.25, 0.3) is 6.08 Å². The number of nitrogens with zero attached hydrogens (tertiary/aromatic N) is 3. The van der Waals surface area contributed by atoms with Crippen molar-refractivity contribution in [2.24, 2.45) is 4.99 Å². The van der Waals surface area contributed by atoms with E-state index in [1.807, 2.05) is 13.8 Å². The van der Waals surface area contributed by atoms with Crippen LogP contribution < -0.4 is 29.1 Å². The molecular weight excluding hydrogens is 726 g/mol. The molecule has 11 nitrogen and oxygen atoms in total. The summed E-state index contributed by atoms with van der Waals surface area (Å²) in [5.74, 6) is 0.794. The second-order valence-electron chi connectivity index (χ2n) is 10.9. The van der Waals surface area contributed by atoms with Crippen molar-refractivity contribution in [1.82, 2.24) is 4.57 Å². The van der Waals surface area contributed by atoms with E-state index in [4.69, 9.17) is 30.5 Å². The zero-order chi connectivity index (χ0) is 34.7. The minimum Gasteiger partial charge on any atom is -0.493 e. The maximum Gasteiger partial charge on any atom is 0.338 e. The molecule has 1 aliphatic rings. The van der Waals surface area contributed by atoms with Crippen LogP contribution in [0.1, 0.15) is 50.4 Å². The lowest BCUT2D eigenvalue weighted by Crippen LogP contribution is -2.40. The number of allylic oxidation sites excluding steroid dienone is 1. The van der Waals surface area contributed by atoms with Crippen LogP contribution in [-0.2, 0) is 16.1 Å². The van der Waals surface area contributed by atoms with Crippen molar-refractivity contribution in [2.45, 2.75) is 46.4 Å². The summed E-state index contributed by atoms with van der Waals surface area (Å²) in [5, 5.41) is 11.2. The third-order valence-electron chi connectivity index (χ3n) is 7.23. The number of fused-ring (bicyclic) bond motifs is 1.